The van der Waals surface area contributed by atoms with E-state index in [2.05, 4.69) is 20.3 Å². The molecular formula is C21H18N4O3S2. The van der Waals surface area contributed by atoms with Crippen molar-refractivity contribution in [2.45, 2.75) is 20.1 Å². The number of nitrogens with zero attached hydrogens (tertiary/aromatic N) is 2. The second-order valence-electron chi connectivity index (χ2n) is 6.36. The van der Waals surface area contributed by atoms with Gasteiger partial charge in [0.1, 0.15) is 32.8 Å². The minimum absolute atomic E-state index is 0.245. The lowest BCUT2D eigenvalue weighted by Gasteiger charge is -2.09. The Balaban J connectivity index is 1.57. The maximum Gasteiger partial charge on any atom is 0.263 e. The van der Waals surface area contributed by atoms with E-state index in [9.17, 15) is 9.59 Å². The largest absolute Gasteiger partial charge is 0.488 e. The summed E-state index contributed by atoms with van der Waals surface area (Å²) >= 11 is 2.64. The van der Waals surface area contributed by atoms with E-state index < -0.39 is 0 Å². The summed E-state index contributed by atoms with van der Waals surface area (Å²) in [5, 5.41) is 5.97. The Bertz CT molecular complexity index is 1200. The number of H-pyrrole nitrogens is 1. The van der Waals surface area contributed by atoms with Gasteiger partial charge >= 0.3 is 0 Å². The molecule has 4 rings (SSSR count). The van der Waals surface area contributed by atoms with Crippen LogP contribution in [-0.4, -0.2) is 20.9 Å². The van der Waals surface area contributed by atoms with Gasteiger partial charge in [-0.1, -0.05) is 30.3 Å². The fourth-order valence-corrected chi connectivity index (χ4v) is 4.39. The Labute approximate surface area is 180 Å². The summed E-state index contributed by atoms with van der Waals surface area (Å²) < 4.78 is 5.90. The predicted molar refractivity (Wildman–Crippen MR) is 117 cm³/mol. The van der Waals surface area contributed by atoms with Crippen molar-refractivity contribution in [1.82, 2.24) is 20.3 Å². The minimum Gasteiger partial charge on any atom is -0.488 e. The lowest BCUT2D eigenvalue weighted by molar-refractivity contribution is 0.0954. The summed E-state index contributed by atoms with van der Waals surface area (Å²) in [5.41, 5.74) is 1.55. The van der Waals surface area contributed by atoms with Gasteiger partial charge in [-0.05, 0) is 18.6 Å². The average Bonchev–Trinajstić information content (AvgIpc) is 3.41. The highest BCUT2D eigenvalue weighted by Gasteiger charge is 2.21. The zero-order chi connectivity index (χ0) is 20.9. The molecule has 0 bridgehead atoms. The van der Waals surface area contributed by atoms with Crippen LogP contribution in [0.3, 0.4) is 0 Å². The first kappa shape index (κ1) is 20.0. The number of aromatic amines is 1. The lowest BCUT2D eigenvalue weighted by atomic mass is 10.2. The second-order valence-corrected chi connectivity index (χ2v) is 8.34. The standard InChI is InChI=1S/C21H18N4O3S2/c1-13-18(20(27)24-11-16-22-9-10-29-16)30-21(25-13)17-15(7-8-23-19(17)26)28-12-14-5-3-2-4-6-14/h2-10H,11-12H2,1H3,(H,23,26)(H,24,27). The molecule has 0 spiro atoms. The van der Waals surface area contributed by atoms with E-state index in [-0.39, 0.29) is 11.5 Å². The number of thiazole rings is 2. The van der Waals surface area contributed by atoms with Gasteiger partial charge in [-0.25, -0.2) is 9.97 Å². The highest BCUT2D eigenvalue weighted by molar-refractivity contribution is 7.17. The van der Waals surface area contributed by atoms with Gasteiger partial charge in [-0.2, -0.15) is 0 Å². The van der Waals surface area contributed by atoms with Crippen molar-refractivity contribution >= 4 is 28.6 Å². The van der Waals surface area contributed by atoms with E-state index >= 15 is 0 Å². The third-order valence-corrected chi connectivity index (χ3v) is 6.21. The van der Waals surface area contributed by atoms with E-state index in [0.29, 0.717) is 40.0 Å². The molecule has 0 aliphatic carbocycles. The predicted octanol–water partition coefficient (Wildman–Crippen LogP) is 3.77. The number of aromatic nitrogens is 3. The van der Waals surface area contributed by atoms with E-state index in [1.165, 1.54) is 28.9 Å². The molecule has 1 aromatic carbocycles. The molecule has 0 aliphatic heterocycles. The Morgan fingerprint density at radius 2 is 2.07 bits per heavy atom. The van der Waals surface area contributed by atoms with Gasteiger partial charge in [0.05, 0.1) is 12.2 Å². The molecule has 9 heteroatoms. The molecule has 0 saturated carbocycles. The first-order valence-corrected chi connectivity index (χ1v) is 10.8. The van der Waals surface area contributed by atoms with Crippen molar-refractivity contribution in [3.05, 3.63) is 85.7 Å². The number of nitrogens with one attached hydrogen (secondary N) is 2. The van der Waals surface area contributed by atoms with Gasteiger partial charge in [0.15, 0.2) is 0 Å². The Kier molecular flexibility index (Phi) is 6.01. The van der Waals surface area contributed by atoms with Gasteiger partial charge in [0.2, 0.25) is 0 Å². The molecule has 0 unspecified atom stereocenters. The normalized spacial score (nSPS) is 10.7. The first-order valence-electron chi connectivity index (χ1n) is 9.14. The molecule has 0 saturated heterocycles. The Hall–Kier alpha value is -3.30. The van der Waals surface area contributed by atoms with Crippen molar-refractivity contribution in [1.29, 1.82) is 0 Å². The highest BCUT2D eigenvalue weighted by atomic mass is 32.1. The van der Waals surface area contributed by atoms with Crippen LogP contribution in [0, 0.1) is 6.92 Å². The van der Waals surface area contributed by atoms with Gasteiger partial charge in [-0.3, -0.25) is 9.59 Å². The molecular weight excluding hydrogens is 420 g/mol. The Morgan fingerprint density at radius 3 is 2.83 bits per heavy atom. The van der Waals surface area contributed by atoms with Crippen molar-refractivity contribution in [3.63, 3.8) is 0 Å². The number of rotatable bonds is 7. The molecule has 0 radical (unpaired) electrons. The Morgan fingerprint density at radius 1 is 1.23 bits per heavy atom. The van der Waals surface area contributed by atoms with Gasteiger partial charge in [0, 0.05) is 17.8 Å². The summed E-state index contributed by atoms with van der Waals surface area (Å²) in [6, 6.07) is 11.4. The molecule has 0 atom stereocenters. The van der Waals surface area contributed by atoms with Crippen LogP contribution in [0.4, 0.5) is 0 Å². The third kappa shape index (κ3) is 4.47. The maximum absolute atomic E-state index is 12.6. The van der Waals surface area contributed by atoms with Crippen LogP contribution in [0.25, 0.3) is 10.6 Å². The van der Waals surface area contributed by atoms with Crippen LogP contribution < -0.4 is 15.6 Å². The first-order chi connectivity index (χ1) is 14.6. The summed E-state index contributed by atoms with van der Waals surface area (Å²) in [6.45, 7) is 2.42. The smallest absolute Gasteiger partial charge is 0.263 e. The number of carbonyl (C=O) groups is 1. The molecule has 1 amide bonds. The van der Waals surface area contributed by atoms with E-state index in [4.69, 9.17) is 4.74 Å². The fraction of sp³-hybridized carbons (Fsp3) is 0.143. The molecule has 0 aliphatic rings. The van der Waals surface area contributed by atoms with Crippen LogP contribution in [0.2, 0.25) is 0 Å². The lowest BCUT2D eigenvalue weighted by Crippen LogP contribution is -2.22. The SMILES string of the molecule is Cc1nc(-c2c(OCc3ccccc3)cc[nH]c2=O)sc1C(=O)NCc1nccs1. The molecule has 3 heterocycles. The summed E-state index contributed by atoms with van der Waals surface area (Å²) in [6.07, 6.45) is 3.23. The molecule has 3 aromatic heterocycles. The summed E-state index contributed by atoms with van der Waals surface area (Å²) in [5.74, 6) is 0.177. The van der Waals surface area contributed by atoms with Crippen LogP contribution >= 0.6 is 22.7 Å². The number of hydrogen-bond donors (Lipinski definition) is 2. The van der Waals surface area contributed by atoms with Crippen LogP contribution in [0.1, 0.15) is 25.9 Å². The molecule has 2 N–H and O–H groups in total. The van der Waals surface area contributed by atoms with Gasteiger partial charge in [-0.15, -0.1) is 22.7 Å². The fourth-order valence-electron chi connectivity index (χ4n) is 2.81. The second kappa shape index (κ2) is 9.02. The average molecular weight is 439 g/mol. The number of benzene rings is 1. The van der Waals surface area contributed by atoms with E-state index in [1.54, 1.807) is 19.2 Å². The summed E-state index contributed by atoms with van der Waals surface area (Å²) in [4.78, 5) is 36.9. The maximum atomic E-state index is 12.6. The molecule has 152 valence electrons. The van der Waals surface area contributed by atoms with Crippen LogP contribution in [0.15, 0.2) is 59.0 Å². The molecule has 7 nitrogen and oxygen atoms in total. The number of pyridine rings is 1. The quantitative estimate of drug-likeness (QED) is 0.458. The number of hydrogen-bond acceptors (Lipinski definition) is 7. The minimum atomic E-state index is -0.316. The van der Waals surface area contributed by atoms with Crippen molar-refractivity contribution < 1.29 is 9.53 Å². The summed E-state index contributed by atoms with van der Waals surface area (Å²) in [7, 11) is 0. The van der Waals surface area contributed by atoms with Crippen LogP contribution in [-0.2, 0) is 13.2 Å². The monoisotopic (exact) mass is 438 g/mol. The van der Waals surface area contributed by atoms with Gasteiger partial charge in [0.25, 0.3) is 11.5 Å². The molecule has 30 heavy (non-hydrogen) atoms. The van der Waals surface area contributed by atoms with Gasteiger partial charge < -0.3 is 15.0 Å². The van der Waals surface area contributed by atoms with Crippen molar-refractivity contribution in [3.8, 4) is 16.3 Å². The van der Waals surface area contributed by atoms with Crippen molar-refractivity contribution in [2.24, 2.45) is 0 Å². The highest BCUT2D eigenvalue weighted by Crippen LogP contribution is 2.32. The molecule has 0 fully saturated rings. The third-order valence-electron chi connectivity index (χ3n) is 4.26. The number of amides is 1. The number of carbonyl (C=O) groups excluding carboxylic acids is 1. The number of ether oxygens (including phenoxy) is 1. The van der Waals surface area contributed by atoms with Crippen LogP contribution in [0.5, 0.6) is 5.75 Å². The van der Waals surface area contributed by atoms with Crippen molar-refractivity contribution in [2.75, 3.05) is 0 Å². The zero-order valence-corrected chi connectivity index (χ0v) is 17.7. The topological polar surface area (TPSA) is 97.0 Å². The molecule has 4 aromatic rings. The zero-order valence-electron chi connectivity index (χ0n) is 16.0. The van der Waals surface area contributed by atoms with E-state index in [0.717, 1.165) is 10.6 Å². The number of aryl methyl sites for hydroxylation is 1. The van der Waals surface area contributed by atoms with E-state index in [1.807, 2.05) is 35.7 Å².